The molecule has 0 heterocycles. The fraction of sp³-hybridized carbons (Fsp3) is 1.00. The zero-order valence-corrected chi connectivity index (χ0v) is 5.90. The Morgan fingerprint density at radius 3 is 1.17 bits per heavy atom. The maximum absolute atomic E-state index is 7.77. The minimum atomic E-state index is -3.61. The minimum absolute atomic E-state index is 0. The summed E-state index contributed by atoms with van der Waals surface area (Å²) in [5.41, 5.74) is 0. The SMILES string of the molecule is C[PH](O)(O)O.[Ti]. The Morgan fingerprint density at radius 2 is 1.17 bits per heavy atom. The Kier molecular flexibility index (Phi) is 5.19. The molecule has 38 valence electrons. The number of rotatable bonds is 0. The Morgan fingerprint density at radius 1 is 1.17 bits per heavy atom. The number of hydrogen-bond acceptors (Lipinski definition) is 3. The van der Waals surface area contributed by atoms with Crippen molar-refractivity contribution in [1.82, 2.24) is 0 Å². The molecule has 6 heavy (non-hydrogen) atoms. The van der Waals surface area contributed by atoms with Gasteiger partial charge >= 0.3 is 29.3 Å². The molecule has 0 unspecified atom stereocenters. The van der Waals surface area contributed by atoms with Gasteiger partial charge in [0, 0.05) is 21.7 Å². The second kappa shape index (κ2) is 3.08. The molecule has 5 heteroatoms. The Hall–Kier alpha value is 1.02. The molecule has 0 aliphatic carbocycles. The molecule has 3 nitrogen and oxygen atoms in total. The van der Waals surface area contributed by atoms with E-state index in [1.807, 2.05) is 0 Å². The first-order valence-corrected chi connectivity index (χ1v) is 3.51. The van der Waals surface area contributed by atoms with E-state index in [2.05, 4.69) is 0 Å². The largest absolute Gasteiger partial charge is 0 e. The van der Waals surface area contributed by atoms with E-state index >= 15 is 0 Å². The molecule has 0 saturated heterocycles. The zero-order valence-electron chi connectivity index (χ0n) is 3.34. The maximum atomic E-state index is 7.77. The first-order chi connectivity index (χ1) is 2.00. The third kappa shape index (κ3) is 77.6. The van der Waals surface area contributed by atoms with E-state index in [1.165, 1.54) is 0 Å². The summed E-state index contributed by atoms with van der Waals surface area (Å²) in [6, 6.07) is 0. The van der Waals surface area contributed by atoms with Crippen LogP contribution < -0.4 is 0 Å². The van der Waals surface area contributed by atoms with Crippen molar-refractivity contribution in [3.05, 3.63) is 0 Å². The fourth-order valence-electron chi connectivity index (χ4n) is 0. The average Bonchev–Trinajstić information content (AvgIpc) is 0.722. The van der Waals surface area contributed by atoms with Crippen LogP contribution in [0.5, 0.6) is 0 Å². The van der Waals surface area contributed by atoms with Crippen LogP contribution in [-0.2, 0) is 21.7 Å². The van der Waals surface area contributed by atoms with E-state index in [4.69, 9.17) is 14.7 Å². The topological polar surface area (TPSA) is 60.7 Å². The van der Waals surface area contributed by atoms with Crippen molar-refractivity contribution in [1.29, 1.82) is 0 Å². The minimum Gasteiger partial charge on any atom is 0 e. The molecular formula is CH7O3PTi. The zero-order chi connectivity index (χ0) is 4.50. The average molecular weight is 146 g/mol. The van der Waals surface area contributed by atoms with Crippen LogP contribution in [0, 0.1) is 0 Å². The van der Waals surface area contributed by atoms with Crippen LogP contribution in [0.15, 0.2) is 0 Å². The molecule has 0 aromatic rings. The van der Waals surface area contributed by atoms with Gasteiger partial charge in [-0.05, 0) is 0 Å². The van der Waals surface area contributed by atoms with Crippen molar-refractivity contribution >= 4 is 7.94 Å². The molecule has 0 aliphatic heterocycles. The normalized spacial score (nSPS) is 12.7. The molecule has 0 rings (SSSR count). The van der Waals surface area contributed by atoms with Crippen LogP contribution >= 0.6 is 7.94 Å². The van der Waals surface area contributed by atoms with E-state index < -0.39 is 7.94 Å². The van der Waals surface area contributed by atoms with E-state index in [1.54, 1.807) is 0 Å². The van der Waals surface area contributed by atoms with Crippen LogP contribution in [0.1, 0.15) is 0 Å². The van der Waals surface area contributed by atoms with Crippen LogP contribution in [-0.4, -0.2) is 21.3 Å². The van der Waals surface area contributed by atoms with E-state index in [0.29, 0.717) is 0 Å². The molecule has 0 aromatic heterocycles. The summed E-state index contributed by atoms with van der Waals surface area (Å²) in [5, 5.41) is 0. The van der Waals surface area contributed by atoms with E-state index in [-0.39, 0.29) is 21.7 Å². The second-order valence-corrected chi connectivity index (χ2v) is 2.91. The second-order valence-electron chi connectivity index (χ2n) is 0.971. The predicted octanol–water partition coefficient (Wildman–Crippen LogP) is -0.915. The smallest absolute Gasteiger partial charge is 0 e. The van der Waals surface area contributed by atoms with Gasteiger partial charge in [0.05, 0.1) is 0 Å². The van der Waals surface area contributed by atoms with Gasteiger partial charge in [0.2, 0.25) is 0 Å². The van der Waals surface area contributed by atoms with Gasteiger partial charge < -0.3 is 0 Å². The quantitative estimate of drug-likeness (QED) is 0.306. The van der Waals surface area contributed by atoms with Crippen molar-refractivity contribution in [2.24, 2.45) is 0 Å². The molecule has 3 N–H and O–H groups in total. The molecule has 0 atom stereocenters. The third-order valence-electron chi connectivity index (χ3n) is 0. The monoisotopic (exact) mass is 146 g/mol. The van der Waals surface area contributed by atoms with Crippen LogP contribution in [0.25, 0.3) is 0 Å². The first kappa shape index (κ1) is 10.1. The maximum Gasteiger partial charge on any atom is 0 e. The van der Waals surface area contributed by atoms with Crippen molar-refractivity contribution in [2.45, 2.75) is 0 Å². The summed E-state index contributed by atoms with van der Waals surface area (Å²) < 4.78 is 0. The molecule has 0 fully saturated rings. The van der Waals surface area contributed by atoms with Gasteiger partial charge in [0.1, 0.15) is 0 Å². The molecule has 0 radical (unpaired) electrons. The third-order valence-corrected chi connectivity index (χ3v) is 0. The molecule has 0 aliphatic rings. The Balaban J connectivity index is 0. The summed E-state index contributed by atoms with van der Waals surface area (Å²) in [4.78, 5) is 23.3. The summed E-state index contributed by atoms with van der Waals surface area (Å²) in [7, 11) is -3.61. The molecule has 0 aromatic carbocycles. The van der Waals surface area contributed by atoms with Gasteiger partial charge in [-0.3, -0.25) is 0 Å². The molecular weight excluding hydrogens is 139 g/mol. The van der Waals surface area contributed by atoms with Crippen molar-refractivity contribution in [3.63, 3.8) is 0 Å². The Bertz CT molecular complexity index is 26.3. The van der Waals surface area contributed by atoms with Crippen molar-refractivity contribution in [2.75, 3.05) is 6.66 Å². The summed E-state index contributed by atoms with van der Waals surface area (Å²) in [5.74, 6) is 0. The summed E-state index contributed by atoms with van der Waals surface area (Å²) >= 11 is 0. The standard InChI is InChI=1S/CH7O3P.Ti/c1-5(2,3)4;/h2-5H,1H3;. The van der Waals surface area contributed by atoms with Gasteiger partial charge in [-0.1, -0.05) is 0 Å². The van der Waals surface area contributed by atoms with Gasteiger partial charge in [-0.25, -0.2) is 0 Å². The van der Waals surface area contributed by atoms with Gasteiger partial charge in [-0.2, -0.15) is 0 Å². The van der Waals surface area contributed by atoms with Crippen molar-refractivity contribution < 1.29 is 36.4 Å². The van der Waals surface area contributed by atoms with Crippen molar-refractivity contribution in [3.8, 4) is 0 Å². The van der Waals surface area contributed by atoms with E-state index in [0.717, 1.165) is 6.66 Å². The summed E-state index contributed by atoms with van der Waals surface area (Å²) in [6.07, 6.45) is 0. The molecule has 0 amide bonds. The first-order valence-electron chi connectivity index (χ1n) is 1.17. The van der Waals surface area contributed by atoms with Gasteiger partial charge in [0.15, 0.2) is 0 Å². The van der Waals surface area contributed by atoms with Crippen LogP contribution in [0.2, 0.25) is 0 Å². The Labute approximate surface area is 51.5 Å². The fourth-order valence-corrected chi connectivity index (χ4v) is 0. The van der Waals surface area contributed by atoms with Gasteiger partial charge in [0.25, 0.3) is 0 Å². The predicted molar refractivity (Wildman–Crippen MR) is 20.9 cm³/mol. The molecule has 0 saturated carbocycles. The van der Waals surface area contributed by atoms with E-state index in [9.17, 15) is 0 Å². The van der Waals surface area contributed by atoms with Crippen LogP contribution in [0.4, 0.5) is 0 Å². The molecule has 0 bridgehead atoms. The number of hydrogen-bond donors (Lipinski definition) is 3. The van der Waals surface area contributed by atoms with Gasteiger partial charge in [-0.15, -0.1) is 0 Å². The van der Waals surface area contributed by atoms with Crippen LogP contribution in [0.3, 0.4) is 0 Å². The molecule has 0 spiro atoms. The summed E-state index contributed by atoms with van der Waals surface area (Å²) in [6.45, 7) is 0.993.